The van der Waals surface area contributed by atoms with E-state index >= 15 is 0 Å². The van der Waals surface area contributed by atoms with Crippen molar-refractivity contribution in [2.45, 2.75) is 25.3 Å². The van der Waals surface area contributed by atoms with Crippen LogP contribution in [0.4, 0.5) is 0 Å². The molecule has 2 N–H and O–H groups in total. The van der Waals surface area contributed by atoms with Gasteiger partial charge in [-0.2, -0.15) is 0 Å². The standard InChI is InChI=1S/C13H19NO2/c1-2-16-12-6-4-11(5-7-12)13(14)8-3-9-15-10-13/h4-7H,2-3,8-10,14H2,1H3. The van der Waals surface area contributed by atoms with Crippen molar-refractivity contribution in [3.8, 4) is 5.75 Å². The third kappa shape index (κ3) is 2.36. The molecule has 1 aliphatic heterocycles. The largest absolute Gasteiger partial charge is 0.494 e. The van der Waals surface area contributed by atoms with E-state index in [1.165, 1.54) is 0 Å². The molecule has 1 aromatic carbocycles. The molecule has 0 amide bonds. The minimum absolute atomic E-state index is 0.316. The molecular formula is C13H19NO2. The second-order valence-corrected chi connectivity index (χ2v) is 4.27. The first-order chi connectivity index (χ1) is 7.74. The van der Waals surface area contributed by atoms with Gasteiger partial charge in [0.05, 0.1) is 18.8 Å². The summed E-state index contributed by atoms with van der Waals surface area (Å²) in [5.41, 5.74) is 7.16. The van der Waals surface area contributed by atoms with Crippen LogP contribution in [0.25, 0.3) is 0 Å². The number of hydrogen-bond donors (Lipinski definition) is 1. The lowest BCUT2D eigenvalue weighted by Gasteiger charge is -2.33. The summed E-state index contributed by atoms with van der Waals surface area (Å²) in [4.78, 5) is 0. The lowest BCUT2D eigenvalue weighted by molar-refractivity contribution is 0.0366. The fourth-order valence-electron chi connectivity index (χ4n) is 2.09. The molecule has 0 bridgehead atoms. The van der Waals surface area contributed by atoms with Crippen LogP contribution in [0.5, 0.6) is 5.75 Å². The summed E-state index contributed by atoms with van der Waals surface area (Å²) in [5.74, 6) is 0.895. The molecule has 1 unspecified atom stereocenters. The zero-order chi connectivity index (χ0) is 11.4. The summed E-state index contributed by atoms with van der Waals surface area (Å²) >= 11 is 0. The Bertz CT molecular complexity index is 328. The first-order valence-electron chi connectivity index (χ1n) is 5.84. The van der Waals surface area contributed by atoms with Gasteiger partial charge in [0.15, 0.2) is 0 Å². The summed E-state index contributed by atoms with van der Waals surface area (Å²) in [6.45, 7) is 4.11. The van der Waals surface area contributed by atoms with Crippen LogP contribution in [0.15, 0.2) is 24.3 Å². The molecule has 88 valence electrons. The SMILES string of the molecule is CCOc1ccc(C2(N)CCCOC2)cc1. The van der Waals surface area contributed by atoms with E-state index < -0.39 is 0 Å². The number of hydrogen-bond acceptors (Lipinski definition) is 3. The maximum absolute atomic E-state index is 6.34. The minimum atomic E-state index is -0.316. The van der Waals surface area contributed by atoms with E-state index in [1.807, 2.05) is 31.2 Å². The molecule has 0 aliphatic carbocycles. The van der Waals surface area contributed by atoms with E-state index in [1.54, 1.807) is 0 Å². The van der Waals surface area contributed by atoms with Crippen LogP contribution in [-0.4, -0.2) is 19.8 Å². The molecule has 0 spiro atoms. The average molecular weight is 221 g/mol. The maximum Gasteiger partial charge on any atom is 0.119 e. The van der Waals surface area contributed by atoms with E-state index in [0.717, 1.165) is 30.8 Å². The van der Waals surface area contributed by atoms with Crippen LogP contribution in [0.2, 0.25) is 0 Å². The van der Waals surface area contributed by atoms with Crippen molar-refractivity contribution in [1.82, 2.24) is 0 Å². The molecule has 1 aliphatic rings. The van der Waals surface area contributed by atoms with Crippen molar-refractivity contribution >= 4 is 0 Å². The minimum Gasteiger partial charge on any atom is -0.494 e. The van der Waals surface area contributed by atoms with Crippen molar-refractivity contribution < 1.29 is 9.47 Å². The van der Waals surface area contributed by atoms with Crippen LogP contribution in [0, 0.1) is 0 Å². The van der Waals surface area contributed by atoms with Gasteiger partial charge in [-0.1, -0.05) is 12.1 Å². The highest BCUT2D eigenvalue weighted by Gasteiger charge is 2.30. The fourth-order valence-corrected chi connectivity index (χ4v) is 2.09. The van der Waals surface area contributed by atoms with Crippen molar-refractivity contribution in [2.75, 3.05) is 19.8 Å². The van der Waals surface area contributed by atoms with Gasteiger partial charge in [-0.25, -0.2) is 0 Å². The maximum atomic E-state index is 6.34. The number of rotatable bonds is 3. The number of ether oxygens (including phenoxy) is 2. The van der Waals surface area contributed by atoms with Crippen molar-refractivity contribution in [2.24, 2.45) is 5.73 Å². The zero-order valence-corrected chi connectivity index (χ0v) is 9.74. The fraction of sp³-hybridized carbons (Fsp3) is 0.538. The molecular weight excluding hydrogens is 202 g/mol. The van der Waals surface area contributed by atoms with Gasteiger partial charge < -0.3 is 15.2 Å². The second-order valence-electron chi connectivity index (χ2n) is 4.27. The normalized spacial score (nSPS) is 25.4. The topological polar surface area (TPSA) is 44.5 Å². The van der Waals surface area contributed by atoms with Crippen LogP contribution in [0.1, 0.15) is 25.3 Å². The van der Waals surface area contributed by atoms with Gasteiger partial charge in [0.1, 0.15) is 5.75 Å². The summed E-state index contributed by atoms with van der Waals surface area (Å²) < 4.78 is 10.9. The molecule has 0 saturated carbocycles. The number of benzene rings is 1. The van der Waals surface area contributed by atoms with Gasteiger partial charge in [-0.15, -0.1) is 0 Å². The molecule has 3 nitrogen and oxygen atoms in total. The van der Waals surface area contributed by atoms with Gasteiger partial charge >= 0.3 is 0 Å². The van der Waals surface area contributed by atoms with Crippen LogP contribution < -0.4 is 10.5 Å². The molecule has 0 radical (unpaired) electrons. The lowest BCUT2D eigenvalue weighted by Crippen LogP contribution is -2.44. The summed E-state index contributed by atoms with van der Waals surface area (Å²) in [6.07, 6.45) is 2.02. The van der Waals surface area contributed by atoms with Crippen LogP contribution in [-0.2, 0) is 10.3 Å². The molecule has 16 heavy (non-hydrogen) atoms. The predicted molar refractivity (Wildman–Crippen MR) is 63.5 cm³/mol. The highest BCUT2D eigenvalue weighted by Crippen LogP contribution is 2.28. The van der Waals surface area contributed by atoms with E-state index in [4.69, 9.17) is 15.2 Å². The second kappa shape index (κ2) is 4.85. The van der Waals surface area contributed by atoms with E-state index in [2.05, 4.69) is 0 Å². The van der Waals surface area contributed by atoms with Crippen LogP contribution in [0.3, 0.4) is 0 Å². The Morgan fingerprint density at radius 1 is 1.38 bits per heavy atom. The van der Waals surface area contributed by atoms with E-state index in [0.29, 0.717) is 13.2 Å². The smallest absolute Gasteiger partial charge is 0.119 e. The van der Waals surface area contributed by atoms with E-state index in [-0.39, 0.29) is 5.54 Å². The van der Waals surface area contributed by atoms with Crippen molar-refractivity contribution in [3.05, 3.63) is 29.8 Å². The number of nitrogens with two attached hydrogens (primary N) is 1. The zero-order valence-electron chi connectivity index (χ0n) is 9.74. The lowest BCUT2D eigenvalue weighted by atomic mass is 9.86. The van der Waals surface area contributed by atoms with Gasteiger partial charge in [0.2, 0.25) is 0 Å². The molecule has 1 heterocycles. The summed E-state index contributed by atoms with van der Waals surface area (Å²) in [6, 6.07) is 8.03. The van der Waals surface area contributed by atoms with Crippen LogP contribution >= 0.6 is 0 Å². The monoisotopic (exact) mass is 221 g/mol. The molecule has 2 rings (SSSR count). The summed E-state index contributed by atoms with van der Waals surface area (Å²) in [5, 5.41) is 0. The van der Waals surface area contributed by atoms with Crippen molar-refractivity contribution in [3.63, 3.8) is 0 Å². The van der Waals surface area contributed by atoms with Crippen molar-refractivity contribution in [1.29, 1.82) is 0 Å². The van der Waals surface area contributed by atoms with Gasteiger partial charge in [0.25, 0.3) is 0 Å². The van der Waals surface area contributed by atoms with Gasteiger partial charge in [0, 0.05) is 6.61 Å². The Hall–Kier alpha value is -1.06. The Balaban J connectivity index is 2.13. The molecule has 1 saturated heterocycles. The predicted octanol–water partition coefficient (Wildman–Crippen LogP) is 2.05. The molecule has 0 aromatic heterocycles. The highest BCUT2D eigenvalue weighted by molar-refractivity contribution is 5.32. The average Bonchev–Trinajstić information content (AvgIpc) is 2.31. The van der Waals surface area contributed by atoms with Gasteiger partial charge in [-0.3, -0.25) is 0 Å². The van der Waals surface area contributed by atoms with Gasteiger partial charge in [-0.05, 0) is 37.5 Å². The quantitative estimate of drug-likeness (QED) is 0.849. The Labute approximate surface area is 96.5 Å². The molecule has 1 fully saturated rings. The summed E-state index contributed by atoms with van der Waals surface area (Å²) in [7, 11) is 0. The third-order valence-corrected chi connectivity index (χ3v) is 3.01. The first kappa shape index (κ1) is 11.4. The Morgan fingerprint density at radius 3 is 2.69 bits per heavy atom. The van der Waals surface area contributed by atoms with E-state index in [9.17, 15) is 0 Å². The molecule has 3 heteroatoms. The Morgan fingerprint density at radius 2 is 2.12 bits per heavy atom. The Kier molecular flexibility index (Phi) is 3.46. The highest BCUT2D eigenvalue weighted by atomic mass is 16.5. The third-order valence-electron chi connectivity index (χ3n) is 3.01. The first-order valence-corrected chi connectivity index (χ1v) is 5.84. The molecule has 1 aromatic rings. The molecule has 1 atom stereocenters.